The summed E-state index contributed by atoms with van der Waals surface area (Å²) in [5, 5.41) is 14.1. The first-order valence-electron chi connectivity index (χ1n) is 6.40. The summed E-state index contributed by atoms with van der Waals surface area (Å²) in [6.45, 7) is 4.56. The first kappa shape index (κ1) is 15.4. The van der Waals surface area contributed by atoms with Crippen molar-refractivity contribution in [3.8, 4) is 0 Å². The molecule has 0 bridgehead atoms. The van der Waals surface area contributed by atoms with Gasteiger partial charge in [-0.1, -0.05) is 19.1 Å². The molecule has 0 saturated heterocycles. The predicted molar refractivity (Wildman–Crippen MR) is 72.2 cm³/mol. The Kier molecular flexibility index (Phi) is 6.29. The Morgan fingerprint density at radius 1 is 1.42 bits per heavy atom. The summed E-state index contributed by atoms with van der Waals surface area (Å²) in [5.74, 6) is -0.0381. The molecule has 0 aromatic heterocycles. The Labute approximate surface area is 113 Å². The average molecular weight is 268 g/mol. The molecule has 4 nitrogen and oxygen atoms in total. The summed E-state index contributed by atoms with van der Waals surface area (Å²) in [5.41, 5.74) is 1.31. The van der Waals surface area contributed by atoms with Crippen molar-refractivity contribution >= 4 is 6.03 Å². The van der Waals surface area contributed by atoms with E-state index in [-0.39, 0.29) is 30.9 Å². The number of amides is 2. The maximum Gasteiger partial charge on any atom is 0.315 e. The van der Waals surface area contributed by atoms with E-state index in [2.05, 4.69) is 10.6 Å². The van der Waals surface area contributed by atoms with Gasteiger partial charge in [0.15, 0.2) is 0 Å². The second kappa shape index (κ2) is 7.74. The number of carbonyl (C=O) groups is 1. The minimum atomic E-state index is -0.286. The van der Waals surface area contributed by atoms with Gasteiger partial charge in [-0.3, -0.25) is 0 Å². The fourth-order valence-electron chi connectivity index (χ4n) is 1.58. The molecular weight excluding hydrogens is 247 g/mol. The molecule has 3 N–H and O–H groups in total. The van der Waals surface area contributed by atoms with Crippen LogP contribution < -0.4 is 10.6 Å². The molecule has 0 radical (unpaired) electrons. The first-order valence-corrected chi connectivity index (χ1v) is 6.40. The Hall–Kier alpha value is -1.62. The molecule has 0 aliphatic rings. The Morgan fingerprint density at radius 2 is 2.16 bits per heavy atom. The summed E-state index contributed by atoms with van der Waals surface area (Å²) in [6, 6.07) is 4.61. The van der Waals surface area contributed by atoms with Crippen LogP contribution in [0.25, 0.3) is 0 Å². The van der Waals surface area contributed by atoms with E-state index >= 15 is 0 Å². The number of halogens is 1. The molecule has 19 heavy (non-hydrogen) atoms. The minimum absolute atomic E-state index is 0.118. The van der Waals surface area contributed by atoms with Crippen LogP contribution in [-0.4, -0.2) is 24.3 Å². The monoisotopic (exact) mass is 268 g/mol. The highest BCUT2D eigenvalue weighted by Gasteiger charge is 2.05. The number of aliphatic hydroxyl groups excluding tert-OH is 1. The van der Waals surface area contributed by atoms with Crippen molar-refractivity contribution in [3.63, 3.8) is 0 Å². The Balaban J connectivity index is 2.31. The smallest absolute Gasteiger partial charge is 0.315 e. The predicted octanol–water partition coefficient (Wildman–Crippen LogP) is 1.95. The molecule has 1 aromatic rings. The van der Waals surface area contributed by atoms with Crippen LogP contribution in [0.4, 0.5) is 9.18 Å². The number of aliphatic hydroxyl groups is 1. The van der Waals surface area contributed by atoms with Crippen LogP contribution in [0.5, 0.6) is 0 Å². The maximum absolute atomic E-state index is 13.3. The lowest BCUT2D eigenvalue weighted by atomic mass is 10.1. The van der Waals surface area contributed by atoms with Gasteiger partial charge in [0.1, 0.15) is 5.82 Å². The van der Waals surface area contributed by atoms with E-state index in [0.29, 0.717) is 18.5 Å². The van der Waals surface area contributed by atoms with Crippen LogP contribution in [0.2, 0.25) is 0 Å². The van der Waals surface area contributed by atoms with Gasteiger partial charge in [0, 0.05) is 19.7 Å². The lowest BCUT2D eigenvalue weighted by Crippen LogP contribution is -2.37. The van der Waals surface area contributed by atoms with E-state index in [1.165, 1.54) is 6.07 Å². The molecule has 0 spiro atoms. The molecule has 0 fully saturated rings. The zero-order valence-corrected chi connectivity index (χ0v) is 11.4. The van der Waals surface area contributed by atoms with Gasteiger partial charge in [-0.15, -0.1) is 0 Å². The summed E-state index contributed by atoms with van der Waals surface area (Å²) >= 11 is 0. The van der Waals surface area contributed by atoms with Gasteiger partial charge >= 0.3 is 6.03 Å². The zero-order chi connectivity index (χ0) is 14.3. The fourth-order valence-corrected chi connectivity index (χ4v) is 1.58. The standard InChI is InChI=1S/C14H21FN2O2/c1-10(5-6-18)8-16-14(19)17-9-12-4-3-11(2)13(15)7-12/h3-4,7,10,18H,5-6,8-9H2,1-2H3,(H2,16,17,19). The zero-order valence-electron chi connectivity index (χ0n) is 11.4. The van der Waals surface area contributed by atoms with Crippen LogP contribution in [0, 0.1) is 18.7 Å². The third kappa shape index (κ3) is 5.70. The summed E-state index contributed by atoms with van der Waals surface area (Å²) in [4.78, 5) is 11.5. The molecule has 5 heteroatoms. The molecule has 0 aliphatic heterocycles. The van der Waals surface area contributed by atoms with Crippen molar-refractivity contribution in [1.82, 2.24) is 10.6 Å². The van der Waals surface area contributed by atoms with Crippen molar-refractivity contribution < 1.29 is 14.3 Å². The van der Waals surface area contributed by atoms with E-state index in [0.717, 1.165) is 5.56 Å². The van der Waals surface area contributed by atoms with E-state index in [1.54, 1.807) is 19.1 Å². The number of urea groups is 1. The molecule has 1 atom stereocenters. The summed E-state index contributed by atoms with van der Waals surface area (Å²) in [6.07, 6.45) is 0.656. The maximum atomic E-state index is 13.3. The van der Waals surface area contributed by atoms with Crippen LogP contribution in [0.3, 0.4) is 0 Å². The molecule has 106 valence electrons. The number of nitrogens with one attached hydrogen (secondary N) is 2. The Bertz CT molecular complexity index is 424. The van der Waals surface area contributed by atoms with E-state index in [1.807, 2.05) is 6.92 Å². The van der Waals surface area contributed by atoms with Crippen LogP contribution in [-0.2, 0) is 6.54 Å². The van der Waals surface area contributed by atoms with Crippen LogP contribution in [0.1, 0.15) is 24.5 Å². The van der Waals surface area contributed by atoms with Crippen molar-refractivity contribution in [2.45, 2.75) is 26.8 Å². The fraction of sp³-hybridized carbons (Fsp3) is 0.500. The molecule has 0 heterocycles. The van der Waals surface area contributed by atoms with Gasteiger partial charge in [0.25, 0.3) is 0 Å². The third-order valence-electron chi connectivity index (χ3n) is 2.92. The molecule has 0 aliphatic carbocycles. The molecule has 1 rings (SSSR count). The number of hydrogen-bond donors (Lipinski definition) is 3. The van der Waals surface area contributed by atoms with E-state index < -0.39 is 0 Å². The van der Waals surface area contributed by atoms with Gasteiger partial charge in [0.2, 0.25) is 0 Å². The highest BCUT2D eigenvalue weighted by atomic mass is 19.1. The number of carbonyl (C=O) groups excluding carboxylic acids is 1. The lowest BCUT2D eigenvalue weighted by Gasteiger charge is -2.12. The van der Waals surface area contributed by atoms with Gasteiger partial charge in [-0.2, -0.15) is 0 Å². The van der Waals surface area contributed by atoms with Crippen molar-refractivity contribution in [1.29, 1.82) is 0 Å². The quantitative estimate of drug-likeness (QED) is 0.738. The van der Waals surface area contributed by atoms with Crippen molar-refractivity contribution in [2.75, 3.05) is 13.2 Å². The number of hydrogen-bond acceptors (Lipinski definition) is 2. The largest absolute Gasteiger partial charge is 0.396 e. The second-order valence-electron chi connectivity index (χ2n) is 4.76. The normalized spacial score (nSPS) is 12.0. The first-order chi connectivity index (χ1) is 9.02. The molecule has 0 saturated carbocycles. The van der Waals surface area contributed by atoms with Crippen molar-refractivity contribution in [3.05, 3.63) is 35.1 Å². The SMILES string of the molecule is Cc1ccc(CNC(=O)NCC(C)CCO)cc1F. The van der Waals surface area contributed by atoms with Gasteiger partial charge in [-0.25, -0.2) is 9.18 Å². The van der Waals surface area contributed by atoms with Crippen molar-refractivity contribution in [2.24, 2.45) is 5.92 Å². The highest BCUT2D eigenvalue weighted by Crippen LogP contribution is 2.08. The summed E-state index contributed by atoms with van der Waals surface area (Å²) in [7, 11) is 0. The van der Waals surface area contributed by atoms with Crippen LogP contribution in [0.15, 0.2) is 18.2 Å². The minimum Gasteiger partial charge on any atom is -0.396 e. The molecule has 1 aromatic carbocycles. The lowest BCUT2D eigenvalue weighted by molar-refractivity contribution is 0.233. The van der Waals surface area contributed by atoms with Gasteiger partial charge < -0.3 is 15.7 Å². The molecule has 1 unspecified atom stereocenters. The highest BCUT2D eigenvalue weighted by molar-refractivity contribution is 5.73. The number of aryl methyl sites for hydroxylation is 1. The van der Waals surface area contributed by atoms with E-state index in [9.17, 15) is 9.18 Å². The number of rotatable bonds is 6. The third-order valence-corrected chi connectivity index (χ3v) is 2.92. The molecular formula is C14H21FN2O2. The second-order valence-corrected chi connectivity index (χ2v) is 4.76. The Morgan fingerprint density at radius 3 is 2.79 bits per heavy atom. The topological polar surface area (TPSA) is 61.4 Å². The van der Waals surface area contributed by atoms with Gasteiger partial charge in [-0.05, 0) is 36.5 Å². The van der Waals surface area contributed by atoms with Gasteiger partial charge in [0.05, 0.1) is 0 Å². The van der Waals surface area contributed by atoms with E-state index in [4.69, 9.17) is 5.11 Å². The van der Waals surface area contributed by atoms with Crippen LogP contribution >= 0.6 is 0 Å². The number of benzene rings is 1. The summed E-state index contributed by atoms with van der Waals surface area (Å²) < 4.78 is 13.3. The average Bonchev–Trinajstić information content (AvgIpc) is 2.38. The molecule has 2 amide bonds.